The number of amides is 1. The van der Waals surface area contributed by atoms with Crippen LogP contribution in [-0.2, 0) is 9.59 Å². The van der Waals surface area contributed by atoms with Gasteiger partial charge in [0.2, 0.25) is 5.88 Å². The fourth-order valence-electron chi connectivity index (χ4n) is 3.51. The molecule has 0 radical (unpaired) electrons. The molecule has 3 aromatic rings. The largest absolute Gasteiger partial charge is 0.481 e. The monoisotopic (exact) mass is 535 g/mol. The van der Waals surface area contributed by atoms with E-state index in [-0.39, 0.29) is 52.4 Å². The predicted molar refractivity (Wildman–Crippen MR) is 141 cm³/mol. The summed E-state index contributed by atoms with van der Waals surface area (Å²) in [5, 5.41) is 19.5. The Kier molecular flexibility index (Phi) is 7.32. The van der Waals surface area contributed by atoms with Crippen LogP contribution in [-0.4, -0.2) is 58.9 Å². The zero-order valence-corrected chi connectivity index (χ0v) is 20.8. The highest BCUT2D eigenvalue weighted by atomic mass is 16.5. The van der Waals surface area contributed by atoms with Gasteiger partial charge >= 0.3 is 12.0 Å². The Hall–Kier alpha value is -5.60. The lowest BCUT2D eigenvalue weighted by Gasteiger charge is -2.26. The molecule has 15 nitrogen and oxygen atoms in total. The van der Waals surface area contributed by atoms with E-state index in [2.05, 4.69) is 20.3 Å². The van der Waals surface area contributed by atoms with Crippen LogP contribution in [0, 0.1) is 5.41 Å². The summed E-state index contributed by atoms with van der Waals surface area (Å²) in [7, 11) is 3.56. The molecule has 0 bridgehead atoms. The van der Waals surface area contributed by atoms with E-state index < -0.39 is 24.4 Å². The maximum Gasteiger partial charge on any atom is 0.328 e. The number of hydrogen-bond donors (Lipinski definition) is 6. The third-order valence-electron chi connectivity index (χ3n) is 5.25. The molecule has 1 aliphatic rings. The van der Waals surface area contributed by atoms with Crippen LogP contribution < -0.4 is 41.6 Å². The first-order chi connectivity index (χ1) is 18.5. The Bertz CT molecular complexity index is 1490. The van der Waals surface area contributed by atoms with E-state index in [1.807, 2.05) is 0 Å². The number of carboxylic acid groups (broad SMARTS) is 1. The van der Waals surface area contributed by atoms with Crippen molar-refractivity contribution in [3.63, 3.8) is 0 Å². The molecule has 0 fully saturated rings. The molecule has 4 rings (SSSR count). The first-order valence-electron chi connectivity index (χ1n) is 11.3. The lowest BCUT2D eigenvalue weighted by molar-refractivity contribution is -0.142. The molecule has 0 saturated heterocycles. The Morgan fingerprint density at radius 2 is 1.90 bits per heavy atom. The topological polar surface area (TPSA) is 237 Å². The van der Waals surface area contributed by atoms with Crippen LogP contribution in [0.4, 0.5) is 17.1 Å². The molecule has 0 spiro atoms. The van der Waals surface area contributed by atoms with Gasteiger partial charge in [-0.25, -0.2) is 4.99 Å². The molecule has 15 heteroatoms. The second-order valence-corrected chi connectivity index (χ2v) is 8.38. The molecule has 9 N–H and O–H groups in total. The van der Waals surface area contributed by atoms with Gasteiger partial charge in [0.1, 0.15) is 11.5 Å². The fourth-order valence-corrected chi connectivity index (χ4v) is 3.51. The number of carboxylic acids is 1. The molecule has 202 valence electrons. The van der Waals surface area contributed by atoms with Gasteiger partial charge in [-0.3, -0.25) is 15.0 Å². The summed E-state index contributed by atoms with van der Waals surface area (Å²) in [6.45, 7) is 0. The number of nitrogens with zero attached hydrogens (tertiary/aromatic N) is 4. The first kappa shape index (κ1) is 26.5. The number of nitrogens with two attached hydrogens (primary N) is 3. The fraction of sp³-hybridized carbons (Fsp3) is 0.167. The highest BCUT2D eigenvalue weighted by Gasteiger charge is 2.34. The zero-order chi connectivity index (χ0) is 28.3. The molecule has 39 heavy (non-hydrogen) atoms. The minimum absolute atomic E-state index is 0.0515. The molecule has 1 aliphatic heterocycles. The van der Waals surface area contributed by atoms with Crippen molar-refractivity contribution in [2.75, 3.05) is 24.3 Å². The SMILES string of the molecule is CN(C)c1ccc(C(=N)N)cc1Oc1nc(Oc2ccccc2N=C(N)N)nc2c1NC(=O)C(CC(=O)O)O2. The number of hydrogen-bond acceptors (Lipinski definition) is 10. The molecule has 2 aromatic carbocycles. The number of nitrogen functional groups attached to an aromatic ring is 1. The van der Waals surface area contributed by atoms with Gasteiger partial charge in [0.05, 0.1) is 12.1 Å². The average molecular weight is 536 g/mol. The number of amidine groups is 1. The van der Waals surface area contributed by atoms with Gasteiger partial charge in [-0.1, -0.05) is 12.1 Å². The number of benzene rings is 2. The van der Waals surface area contributed by atoms with Crippen LogP contribution >= 0.6 is 0 Å². The number of aliphatic imine (C=N–C) groups is 1. The van der Waals surface area contributed by atoms with Crippen molar-refractivity contribution in [1.82, 2.24) is 9.97 Å². The smallest absolute Gasteiger partial charge is 0.328 e. The van der Waals surface area contributed by atoms with E-state index in [9.17, 15) is 14.7 Å². The van der Waals surface area contributed by atoms with Crippen molar-refractivity contribution in [3.8, 4) is 29.3 Å². The van der Waals surface area contributed by atoms with Gasteiger partial charge in [-0.05, 0) is 30.3 Å². The summed E-state index contributed by atoms with van der Waals surface area (Å²) in [6.07, 6.45) is -1.97. The molecule has 1 amide bonds. The van der Waals surface area contributed by atoms with Crippen LogP contribution in [0.1, 0.15) is 12.0 Å². The molecule has 1 aromatic heterocycles. The maximum absolute atomic E-state index is 12.6. The number of rotatable bonds is 9. The third kappa shape index (κ3) is 6.04. The second kappa shape index (κ2) is 10.8. The summed E-state index contributed by atoms with van der Waals surface area (Å²) < 4.78 is 17.5. The summed E-state index contributed by atoms with van der Waals surface area (Å²) in [5.74, 6) is -2.31. The number of nitrogens with one attached hydrogen (secondary N) is 2. The number of para-hydroxylation sites is 2. The number of aliphatic carboxylic acids is 1. The van der Waals surface area contributed by atoms with E-state index in [1.54, 1.807) is 55.4 Å². The first-order valence-corrected chi connectivity index (χ1v) is 11.3. The number of carbonyl (C=O) groups is 2. The standard InChI is InChI=1S/C24H25N9O6/c1-33(2)13-8-7-11(19(25)26)9-15(13)37-21-18-22(38-16(10-17(34)35)20(36)30-18)32-24(31-21)39-14-6-4-3-5-12(14)29-23(27)28/h3-9,16H,10H2,1-2H3,(H3,25,26)(H,30,36)(H,34,35)(H4,27,28,29). The summed E-state index contributed by atoms with van der Waals surface area (Å²) in [5.41, 5.74) is 17.9. The van der Waals surface area contributed by atoms with E-state index in [0.29, 0.717) is 11.3 Å². The molecular formula is C24H25N9O6. The molecule has 1 atom stereocenters. The number of ether oxygens (including phenoxy) is 3. The van der Waals surface area contributed by atoms with Gasteiger partial charge in [-0.15, -0.1) is 0 Å². The molecule has 2 heterocycles. The molecule has 0 aliphatic carbocycles. The van der Waals surface area contributed by atoms with Gasteiger partial charge in [-0.2, -0.15) is 9.97 Å². The summed E-state index contributed by atoms with van der Waals surface area (Å²) >= 11 is 0. The normalized spacial score (nSPS) is 13.8. The Balaban J connectivity index is 1.83. The quantitative estimate of drug-likeness (QED) is 0.169. The van der Waals surface area contributed by atoms with Crippen molar-refractivity contribution < 1.29 is 28.9 Å². The van der Waals surface area contributed by atoms with Gasteiger partial charge in [0.25, 0.3) is 11.8 Å². The van der Waals surface area contributed by atoms with Crippen LogP contribution in [0.15, 0.2) is 47.5 Å². The molecular weight excluding hydrogens is 510 g/mol. The molecule has 1 unspecified atom stereocenters. The number of guanidine groups is 1. The van der Waals surface area contributed by atoms with E-state index in [4.69, 9.17) is 36.8 Å². The Morgan fingerprint density at radius 3 is 2.56 bits per heavy atom. The van der Waals surface area contributed by atoms with E-state index >= 15 is 0 Å². The Morgan fingerprint density at radius 1 is 1.15 bits per heavy atom. The number of fused-ring (bicyclic) bond motifs is 1. The van der Waals surface area contributed by atoms with Crippen molar-refractivity contribution >= 4 is 40.7 Å². The summed E-state index contributed by atoms with van der Waals surface area (Å²) in [4.78, 5) is 38.1. The van der Waals surface area contributed by atoms with Crippen molar-refractivity contribution in [2.24, 2.45) is 22.2 Å². The lowest BCUT2D eigenvalue weighted by Crippen LogP contribution is -2.39. The van der Waals surface area contributed by atoms with Gasteiger partial charge < -0.3 is 46.7 Å². The minimum Gasteiger partial charge on any atom is -0.481 e. The van der Waals surface area contributed by atoms with Crippen molar-refractivity contribution in [1.29, 1.82) is 5.41 Å². The van der Waals surface area contributed by atoms with E-state index in [1.165, 1.54) is 6.07 Å². The van der Waals surface area contributed by atoms with Crippen molar-refractivity contribution in [2.45, 2.75) is 12.5 Å². The average Bonchev–Trinajstić information content (AvgIpc) is 2.85. The molecule has 0 saturated carbocycles. The highest BCUT2D eigenvalue weighted by Crippen LogP contribution is 2.42. The zero-order valence-electron chi connectivity index (χ0n) is 20.8. The maximum atomic E-state index is 12.6. The number of aromatic nitrogens is 2. The highest BCUT2D eigenvalue weighted by molar-refractivity contribution is 6.00. The van der Waals surface area contributed by atoms with E-state index in [0.717, 1.165) is 0 Å². The predicted octanol–water partition coefficient (Wildman–Crippen LogP) is 1.49. The van der Waals surface area contributed by atoms with Crippen LogP contribution in [0.2, 0.25) is 0 Å². The number of anilines is 2. The van der Waals surface area contributed by atoms with Crippen LogP contribution in [0.5, 0.6) is 29.3 Å². The minimum atomic E-state index is -1.36. The lowest BCUT2D eigenvalue weighted by atomic mass is 10.1. The van der Waals surface area contributed by atoms with Gasteiger partial charge in [0.15, 0.2) is 29.2 Å². The second-order valence-electron chi connectivity index (χ2n) is 8.38. The number of carbonyl (C=O) groups excluding carboxylic acids is 1. The van der Waals surface area contributed by atoms with Crippen molar-refractivity contribution in [3.05, 3.63) is 48.0 Å². The third-order valence-corrected chi connectivity index (χ3v) is 5.25. The van der Waals surface area contributed by atoms with Crippen LogP contribution in [0.25, 0.3) is 0 Å². The van der Waals surface area contributed by atoms with Crippen LogP contribution in [0.3, 0.4) is 0 Å². The van der Waals surface area contributed by atoms with Gasteiger partial charge in [0, 0.05) is 19.7 Å². The Labute approximate surface area is 221 Å². The summed E-state index contributed by atoms with van der Waals surface area (Å²) in [6, 6.07) is 11.1.